The summed E-state index contributed by atoms with van der Waals surface area (Å²) in [7, 11) is 0. The molecule has 0 aromatic carbocycles. The lowest BCUT2D eigenvalue weighted by Gasteiger charge is -2.29. The topological polar surface area (TPSA) is 55.6 Å². The lowest BCUT2D eigenvalue weighted by molar-refractivity contribution is 0.0218. The van der Waals surface area contributed by atoms with E-state index in [-0.39, 0.29) is 17.6 Å². The second-order valence-electron chi connectivity index (χ2n) is 8.08. The van der Waals surface area contributed by atoms with Crippen molar-refractivity contribution in [1.82, 2.24) is 10.1 Å². The summed E-state index contributed by atoms with van der Waals surface area (Å²) in [6.07, 6.45) is 1.59. The first kappa shape index (κ1) is 16.8. The van der Waals surface area contributed by atoms with Crippen molar-refractivity contribution in [2.24, 2.45) is 0 Å². The van der Waals surface area contributed by atoms with Crippen molar-refractivity contribution in [1.29, 1.82) is 0 Å². The molecule has 1 aromatic heterocycles. The van der Waals surface area contributed by atoms with Crippen LogP contribution in [0, 0.1) is 6.92 Å². The van der Waals surface area contributed by atoms with Crippen molar-refractivity contribution in [2.75, 3.05) is 6.54 Å². The highest BCUT2D eigenvalue weighted by molar-refractivity contribution is 5.69. The van der Waals surface area contributed by atoms with Gasteiger partial charge in [-0.2, -0.15) is 0 Å². The van der Waals surface area contributed by atoms with Crippen molar-refractivity contribution >= 4 is 6.09 Å². The molecule has 2 heterocycles. The molecule has 1 amide bonds. The smallest absolute Gasteiger partial charge is 0.410 e. The van der Waals surface area contributed by atoms with Crippen LogP contribution in [0.25, 0.3) is 0 Å². The Kier molecular flexibility index (Phi) is 4.28. The first-order valence-electron chi connectivity index (χ1n) is 7.97. The van der Waals surface area contributed by atoms with Crippen LogP contribution >= 0.6 is 0 Å². The number of carbonyl (C=O) groups excluding carboxylic acids is 1. The molecule has 1 aromatic rings. The molecule has 0 aliphatic carbocycles. The first-order valence-corrected chi connectivity index (χ1v) is 7.97. The highest BCUT2D eigenvalue weighted by Crippen LogP contribution is 2.39. The van der Waals surface area contributed by atoms with E-state index >= 15 is 0 Å². The Morgan fingerprint density at radius 3 is 2.45 bits per heavy atom. The third kappa shape index (κ3) is 3.45. The number of hydrogen-bond donors (Lipinski definition) is 0. The summed E-state index contributed by atoms with van der Waals surface area (Å²) in [5.74, 6) is 0.832. The third-order valence-electron chi connectivity index (χ3n) is 3.84. The van der Waals surface area contributed by atoms with Crippen LogP contribution < -0.4 is 0 Å². The van der Waals surface area contributed by atoms with Gasteiger partial charge in [-0.15, -0.1) is 0 Å². The Morgan fingerprint density at radius 1 is 1.27 bits per heavy atom. The van der Waals surface area contributed by atoms with Crippen molar-refractivity contribution in [3.63, 3.8) is 0 Å². The molecule has 124 valence electrons. The van der Waals surface area contributed by atoms with Crippen molar-refractivity contribution in [3.05, 3.63) is 17.0 Å². The van der Waals surface area contributed by atoms with Gasteiger partial charge in [-0.3, -0.25) is 4.90 Å². The molecule has 2 rings (SSSR count). The average molecular weight is 308 g/mol. The zero-order valence-corrected chi connectivity index (χ0v) is 14.8. The normalized spacial score (nSPS) is 19.6. The Morgan fingerprint density at radius 2 is 1.91 bits per heavy atom. The van der Waals surface area contributed by atoms with Gasteiger partial charge < -0.3 is 9.26 Å². The summed E-state index contributed by atoms with van der Waals surface area (Å²) in [6, 6.07) is -0.0541. The number of likely N-dealkylation sites (tertiary alicyclic amines) is 1. The minimum absolute atomic E-state index is 0.0541. The zero-order valence-electron chi connectivity index (χ0n) is 14.8. The molecule has 22 heavy (non-hydrogen) atoms. The number of aryl methyl sites for hydroxylation is 1. The lowest BCUT2D eigenvalue weighted by Crippen LogP contribution is -2.37. The standard InChI is InChI=1S/C17H28N2O3/c1-11-13(16(2,3)4)14(18-22-11)12-9-8-10-19(12)15(20)21-17(5,6)7/h12H,8-10H2,1-7H3/t12-/m1/s1. The lowest BCUT2D eigenvalue weighted by atomic mass is 9.83. The van der Waals surface area contributed by atoms with Gasteiger partial charge in [0.2, 0.25) is 0 Å². The van der Waals surface area contributed by atoms with Gasteiger partial charge in [0, 0.05) is 12.1 Å². The van der Waals surface area contributed by atoms with E-state index in [0.29, 0.717) is 6.54 Å². The van der Waals surface area contributed by atoms with Crippen molar-refractivity contribution in [3.8, 4) is 0 Å². The zero-order chi connectivity index (χ0) is 16.7. The van der Waals surface area contributed by atoms with E-state index < -0.39 is 5.60 Å². The molecule has 0 spiro atoms. The van der Waals surface area contributed by atoms with Crippen molar-refractivity contribution in [2.45, 2.75) is 78.4 Å². The van der Waals surface area contributed by atoms with Gasteiger partial charge in [0.05, 0.1) is 6.04 Å². The van der Waals surface area contributed by atoms with Crippen molar-refractivity contribution < 1.29 is 14.1 Å². The number of ether oxygens (including phenoxy) is 1. The van der Waals surface area contributed by atoms with Crippen LogP contribution in [0.4, 0.5) is 4.79 Å². The highest BCUT2D eigenvalue weighted by Gasteiger charge is 2.38. The molecule has 1 fully saturated rings. The van der Waals surface area contributed by atoms with E-state index in [1.54, 1.807) is 4.90 Å². The summed E-state index contributed by atoms with van der Waals surface area (Å²) in [4.78, 5) is 14.2. The van der Waals surface area contributed by atoms with Gasteiger partial charge >= 0.3 is 6.09 Å². The van der Waals surface area contributed by atoms with Crippen LogP contribution in [-0.4, -0.2) is 28.3 Å². The molecule has 0 N–H and O–H groups in total. The fourth-order valence-electron chi connectivity index (χ4n) is 3.12. The fourth-order valence-corrected chi connectivity index (χ4v) is 3.12. The molecule has 0 bridgehead atoms. The van der Waals surface area contributed by atoms with E-state index in [1.807, 2.05) is 27.7 Å². The number of nitrogens with zero attached hydrogens (tertiary/aromatic N) is 2. The largest absolute Gasteiger partial charge is 0.444 e. The molecular weight excluding hydrogens is 280 g/mol. The number of aromatic nitrogens is 1. The van der Waals surface area contributed by atoms with Crippen LogP contribution in [0.1, 0.15) is 77.4 Å². The SMILES string of the molecule is Cc1onc([C@H]2CCCN2C(=O)OC(C)(C)C)c1C(C)(C)C. The Hall–Kier alpha value is -1.52. The summed E-state index contributed by atoms with van der Waals surface area (Å²) in [5, 5.41) is 4.27. The minimum atomic E-state index is -0.489. The number of hydrogen-bond acceptors (Lipinski definition) is 4. The minimum Gasteiger partial charge on any atom is -0.444 e. The second kappa shape index (κ2) is 5.60. The maximum atomic E-state index is 12.5. The molecule has 0 unspecified atom stereocenters. The third-order valence-corrected chi connectivity index (χ3v) is 3.84. The van der Waals surface area contributed by atoms with Crippen LogP contribution in [0.3, 0.4) is 0 Å². The van der Waals surface area contributed by atoms with Gasteiger partial charge in [-0.25, -0.2) is 4.79 Å². The first-order chi connectivity index (χ1) is 10.0. The molecule has 1 aliphatic rings. The fraction of sp³-hybridized carbons (Fsp3) is 0.765. The Labute approximate surface area is 133 Å². The number of rotatable bonds is 1. The molecule has 0 radical (unpaired) electrons. The maximum absolute atomic E-state index is 12.5. The van der Waals surface area contributed by atoms with E-state index in [9.17, 15) is 4.79 Å². The highest BCUT2D eigenvalue weighted by atomic mass is 16.6. The maximum Gasteiger partial charge on any atom is 0.410 e. The molecule has 1 aliphatic heterocycles. The molecule has 1 atom stereocenters. The summed E-state index contributed by atoms with van der Waals surface area (Å²) >= 11 is 0. The average Bonchev–Trinajstić information content (AvgIpc) is 2.90. The Bertz CT molecular complexity index is 549. The molecule has 5 heteroatoms. The predicted octanol–water partition coefficient (Wildman–Crippen LogP) is 4.35. The Balaban J connectivity index is 2.31. The van der Waals surface area contributed by atoms with Crippen LogP contribution in [-0.2, 0) is 10.2 Å². The second-order valence-corrected chi connectivity index (χ2v) is 8.08. The van der Waals surface area contributed by atoms with E-state index in [0.717, 1.165) is 29.9 Å². The number of amides is 1. The molecule has 0 saturated carbocycles. The summed E-state index contributed by atoms with van der Waals surface area (Å²) < 4.78 is 11.0. The number of carbonyl (C=O) groups is 1. The predicted molar refractivity (Wildman–Crippen MR) is 84.9 cm³/mol. The van der Waals surface area contributed by atoms with Gasteiger partial charge in [0.1, 0.15) is 17.1 Å². The van der Waals surface area contributed by atoms with Crippen LogP contribution in [0.2, 0.25) is 0 Å². The van der Waals surface area contributed by atoms with E-state index in [4.69, 9.17) is 9.26 Å². The van der Waals surface area contributed by atoms with E-state index in [2.05, 4.69) is 25.9 Å². The molecular formula is C17H28N2O3. The van der Waals surface area contributed by atoms with E-state index in [1.165, 1.54) is 0 Å². The van der Waals surface area contributed by atoms with Gasteiger partial charge in [-0.1, -0.05) is 25.9 Å². The molecule has 5 nitrogen and oxygen atoms in total. The van der Waals surface area contributed by atoms with Gasteiger partial charge in [0.15, 0.2) is 0 Å². The van der Waals surface area contributed by atoms with Gasteiger partial charge in [0.25, 0.3) is 0 Å². The van der Waals surface area contributed by atoms with Crippen LogP contribution in [0.15, 0.2) is 4.52 Å². The monoisotopic (exact) mass is 308 g/mol. The summed E-state index contributed by atoms with van der Waals surface area (Å²) in [5.41, 5.74) is 1.43. The summed E-state index contributed by atoms with van der Waals surface area (Å²) in [6.45, 7) is 14.7. The quantitative estimate of drug-likeness (QED) is 0.774. The molecule has 1 saturated heterocycles. The van der Waals surface area contributed by atoms with Crippen LogP contribution in [0.5, 0.6) is 0 Å². The van der Waals surface area contributed by atoms with Gasteiger partial charge in [-0.05, 0) is 46.0 Å².